The third-order valence-corrected chi connectivity index (χ3v) is 19.8. The minimum Gasteiger partial charge on any atom is -1.00 e. The Morgan fingerprint density at radius 2 is 1.17 bits per heavy atom. The summed E-state index contributed by atoms with van der Waals surface area (Å²) in [5.41, 5.74) is 17.1. The number of thioether (sulfide) groups is 4. The Kier molecular flexibility index (Phi) is 22.3. The van der Waals surface area contributed by atoms with Gasteiger partial charge in [0.1, 0.15) is 40.7 Å². The highest BCUT2D eigenvalue weighted by molar-refractivity contribution is 8.13. The summed E-state index contributed by atoms with van der Waals surface area (Å²) in [6.07, 6.45) is 0. The summed E-state index contributed by atoms with van der Waals surface area (Å²) in [5, 5.41) is 25.5. The molecule has 458 valence electrons. The molecule has 15 nitrogen and oxygen atoms in total. The van der Waals surface area contributed by atoms with E-state index in [9.17, 15) is 4.79 Å². The number of thiazole rings is 1. The van der Waals surface area contributed by atoms with Crippen molar-refractivity contribution in [3.05, 3.63) is 296 Å². The van der Waals surface area contributed by atoms with Gasteiger partial charge in [0.25, 0.3) is 22.1 Å². The number of nitrogens with one attached hydrogen (secondary N) is 2. The number of ether oxygens (including phenoxy) is 2. The second kappa shape index (κ2) is 30.4. The van der Waals surface area contributed by atoms with Gasteiger partial charge in [-0.1, -0.05) is 223 Å². The molecule has 2 aliphatic heterocycles. The summed E-state index contributed by atoms with van der Waals surface area (Å²) in [7, 11) is 1.57. The number of amides is 2. The zero-order chi connectivity index (χ0) is 61.0. The van der Waals surface area contributed by atoms with Crippen LogP contribution in [0.25, 0.3) is 0 Å². The van der Waals surface area contributed by atoms with Crippen LogP contribution in [0.3, 0.4) is 0 Å². The van der Waals surface area contributed by atoms with E-state index in [4.69, 9.17) is 46.7 Å². The third-order valence-electron chi connectivity index (χ3n) is 14.8. The highest BCUT2D eigenvalue weighted by Gasteiger charge is 2.55. The number of β-lactam (4-membered cyclic amide) rings is 1. The van der Waals surface area contributed by atoms with Crippen molar-refractivity contribution < 1.29 is 64.3 Å². The van der Waals surface area contributed by atoms with Gasteiger partial charge in [-0.2, -0.15) is 0 Å². The van der Waals surface area contributed by atoms with E-state index in [1.165, 1.54) is 63.3 Å². The number of anilines is 1. The molecule has 8 aromatic carbocycles. The fourth-order valence-electron chi connectivity index (χ4n) is 10.6. The van der Waals surface area contributed by atoms with Gasteiger partial charge in [-0.15, -0.1) is 23.1 Å². The van der Waals surface area contributed by atoms with Crippen molar-refractivity contribution in [1.82, 2.24) is 15.2 Å². The zero-order valence-corrected chi connectivity index (χ0v) is 53.9. The number of amidine groups is 2. The van der Waals surface area contributed by atoms with Gasteiger partial charge in [0.2, 0.25) is 5.60 Å². The van der Waals surface area contributed by atoms with E-state index in [0.717, 1.165) is 49.4 Å². The van der Waals surface area contributed by atoms with E-state index in [1.54, 1.807) is 36.8 Å². The fraction of sp³-hybridized carbons (Fsp3) is 0.132. The van der Waals surface area contributed by atoms with Gasteiger partial charge in [0, 0.05) is 49.1 Å². The summed E-state index contributed by atoms with van der Waals surface area (Å²) >= 11 is 6.63. The molecular formula is C68H61Cl2N9O6S5. The molecule has 1 fully saturated rings. The average Bonchev–Trinajstić information content (AvgIpc) is 1.07. The number of nitrogens with two attached hydrogens (primary N) is 4. The Labute approximate surface area is 555 Å². The molecule has 1 aromatic heterocycles. The number of nitrogens with zero attached hydrogens (tertiary/aromatic N) is 3. The molecule has 90 heavy (non-hydrogen) atoms. The second-order valence-electron chi connectivity index (χ2n) is 20.3. The molecule has 10 N–H and O–H groups in total. The number of hydrogen-bond acceptors (Lipinski definition) is 14. The van der Waals surface area contributed by atoms with Crippen LogP contribution in [0.2, 0.25) is 0 Å². The standard InChI is InChI=1S/C68H59N9O6S5.2ClH/c1-81-53-35-32-44(33-36-53)39-82-63(80)59-56(88-55-37-34-45(40-85-64(69)70)38-46(55)41-86-65(71)72)43-84-62-58(61(79)77(59)62)74-60(78)57(76-83-68(50-26-14-5-15-27-50,51-28-16-6-17-29-51)52-30-18-7-19-31-52)54-42-87-66(73-54)75-67(47-20-8-2-9-21-47,48-22-10-3-11-23-48)49-24-12-4-13-25-49;;/h2-38,42,58,62H,39-41,43H2,1H3,(H3,69,70)(H3,71,72)(H,73,75)(H,74,78);2*1H/b76-57-;;/t58-,62-;;/m1../s1. The number of fused-ring (bicyclic) bond motifs is 1. The maximum atomic E-state index is 15.6. The highest BCUT2D eigenvalue weighted by atomic mass is 35.5. The van der Waals surface area contributed by atoms with Crippen LogP contribution in [0.4, 0.5) is 5.13 Å². The quantitative estimate of drug-likeness (QED) is 0.0135. The smallest absolute Gasteiger partial charge is 0.356 e. The fourth-order valence-corrected chi connectivity index (χ4v) is 15.1. The number of hydrogen-bond donors (Lipinski definition) is 6. The first kappa shape index (κ1) is 66.0. The maximum absolute atomic E-state index is 15.6. The third kappa shape index (κ3) is 14.4. The van der Waals surface area contributed by atoms with Gasteiger partial charge in [0.15, 0.2) is 10.8 Å². The van der Waals surface area contributed by atoms with E-state index in [0.29, 0.717) is 32.9 Å². The van der Waals surface area contributed by atoms with Crippen molar-refractivity contribution in [3.63, 3.8) is 0 Å². The van der Waals surface area contributed by atoms with Crippen LogP contribution in [-0.2, 0) is 53.2 Å². The Morgan fingerprint density at radius 3 is 1.67 bits per heavy atom. The van der Waals surface area contributed by atoms with Crippen LogP contribution in [0.1, 0.15) is 55.8 Å². The van der Waals surface area contributed by atoms with E-state index < -0.39 is 40.3 Å². The Bertz CT molecular complexity index is 3840. The molecule has 1 saturated heterocycles. The molecule has 2 aliphatic rings. The minimum absolute atomic E-state index is 0. The maximum Gasteiger partial charge on any atom is 0.356 e. The number of halogens is 2. The lowest BCUT2D eigenvalue weighted by molar-refractivity contribution is -0.153. The Hall–Kier alpha value is -8.47. The van der Waals surface area contributed by atoms with E-state index in [2.05, 4.69) is 47.0 Å². The number of carbonyl (C=O) groups is 3. The second-order valence-corrected chi connectivity index (χ2v) is 25.5. The van der Waals surface area contributed by atoms with Gasteiger partial charge in [-0.25, -0.2) is 9.78 Å². The van der Waals surface area contributed by atoms with E-state index in [1.807, 2.05) is 164 Å². The first-order chi connectivity index (χ1) is 42.9. The van der Waals surface area contributed by atoms with Crippen molar-refractivity contribution >= 4 is 97.3 Å². The van der Waals surface area contributed by atoms with Crippen LogP contribution in [-0.4, -0.2) is 68.0 Å². The average molecular weight is 1330 g/mol. The van der Waals surface area contributed by atoms with E-state index >= 15 is 9.59 Å². The number of rotatable bonds is 23. The first-order valence-corrected chi connectivity index (χ1v) is 32.6. The Balaban J connectivity index is 0.00000480. The van der Waals surface area contributed by atoms with Crippen LogP contribution < -0.4 is 62.5 Å². The molecule has 9 aromatic rings. The summed E-state index contributed by atoms with van der Waals surface area (Å²) in [4.78, 5) is 60.5. The van der Waals surface area contributed by atoms with E-state index in [-0.39, 0.29) is 64.6 Å². The van der Waals surface area contributed by atoms with Gasteiger partial charge >= 0.3 is 5.97 Å². The monoisotopic (exact) mass is 1330 g/mol. The molecule has 2 atom stereocenters. The lowest BCUT2D eigenvalue weighted by atomic mass is 9.77. The molecule has 3 heterocycles. The molecule has 0 spiro atoms. The van der Waals surface area contributed by atoms with Crippen LogP contribution >= 0.6 is 58.4 Å². The SMILES string of the molecule is COc1ccc(COC(=O)C2=C(Sc3ccc(CSC(N)=[NH2+])cc3CSC(N)=[NH2+])CS[C@@H]3[C@H](NC(=O)/C(=N\OC(c4ccccc4)(c4ccccc4)c4ccccc4)c4csc(NC(c5ccccc5)(c5ccccc5)c5ccccc5)n4)C(=O)N23)cc1.[Cl-].[Cl-]. The molecule has 2 amide bonds. The predicted octanol–water partition coefficient (Wildman–Crippen LogP) is 3.04. The lowest BCUT2D eigenvalue weighted by Gasteiger charge is -2.49. The molecule has 0 unspecified atom stereocenters. The van der Waals surface area contributed by atoms with Crippen molar-refractivity contribution in [2.24, 2.45) is 16.6 Å². The van der Waals surface area contributed by atoms with Gasteiger partial charge < -0.3 is 49.8 Å². The molecule has 0 bridgehead atoms. The Morgan fingerprint density at radius 1 is 0.678 bits per heavy atom. The molecule has 0 radical (unpaired) electrons. The highest BCUT2D eigenvalue weighted by Crippen LogP contribution is 2.48. The van der Waals surface area contributed by atoms with Crippen molar-refractivity contribution in [1.29, 1.82) is 0 Å². The van der Waals surface area contributed by atoms with Crippen molar-refractivity contribution in [3.8, 4) is 5.75 Å². The van der Waals surface area contributed by atoms with Crippen molar-refractivity contribution in [2.45, 2.75) is 45.6 Å². The van der Waals surface area contributed by atoms with Crippen molar-refractivity contribution in [2.75, 3.05) is 18.2 Å². The first-order valence-electron chi connectivity index (χ1n) is 27.9. The number of esters is 1. The van der Waals surface area contributed by atoms with Crippen LogP contribution in [0.15, 0.2) is 250 Å². The predicted molar refractivity (Wildman–Crippen MR) is 354 cm³/mol. The summed E-state index contributed by atoms with van der Waals surface area (Å²) in [5.74, 6) is -0.121. The van der Waals surface area contributed by atoms with Gasteiger partial charge in [-0.3, -0.25) is 36.8 Å². The normalized spacial score (nSPS) is 14.6. The molecule has 22 heteroatoms. The number of benzene rings is 8. The number of oxime groups is 1. The number of methoxy groups -OCH3 is 1. The minimum atomic E-state index is -1.40. The van der Waals surface area contributed by atoms with Gasteiger partial charge in [0.05, 0.1) is 7.11 Å². The van der Waals surface area contributed by atoms with Gasteiger partial charge in [-0.05, 0) is 75.1 Å². The molecule has 11 rings (SSSR count). The van der Waals surface area contributed by atoms with Crippen LogP contribution in [0.5, 0.6) is 5.75 Å². The van der Waals surface area contributed by atoms with Crippen LogP contribution in [0, 0.1) is 0 Å². The topological polar surface area (TPSA) is 235 Å². The summed E-state index contributed by atoms with van der Waals surface area (Å²) < 4.78 is 11.4. The zero-order valence-electron chi connectivity index (χ0n) is 48.3. The molecule has 0 saturated carbocycles. The summed E-state index contributed by atoms with van der Waals surface area (Å²) in [6, 6.07) is 71.4. The lowest BCUT2D eigenvalue weighted by Crippen LogP contribution is -3.00. The molecular weight excluding hydrogens is 1270 g/mol. The number of aromatic nitrogens is 1. The number of carbonyl (C=O) groups excluding carboxylic acids is 3. The summed E-state index contributed by atoms with van der Waals surface area (Å²) in [6.45, 7) is -0.0879. The largest absolute Gasteiger partial charge is 1.00 e. The molecule has 0 aliphatic carbocycles.